The number of aromatic nitrogens is 2. The van der Waals surface area contributed by atoms with E-state index in [1.807, 2.05) is 16.9 Å². The maximum atomic E-state index is 6.26. The maximum absolute atomic E-state index is 6.26. The van der Waals surface area contributed by atoms with Gasteiger partial charge in [-0.3, -0.25) is 4.68 Å². The van der Waals surface area contributed by atoms with E-state index >= 15 is 0 Å². The van der Waals surface area contributed by atoms with Crippen LogP contribution >= 0.6 is 15.9 Å². The van der Waals surface area contributed by atoms with Gasteiger partial charge in [-0.1, -0.05) is 28.1 Å². The van der Waals surface area contributed by atoms with Crippen molar-refractivity contribution in [1.82, 2.24) is 9.78 Å². The smallest absolute Gasteiger partial charge is 0.0643 e. The van der Waals surface area contributed by atoms with Crippen LogP contribution in [0.5, 0.6) is 0 Å². The highest BCUT2D eigenvalue weighted by Gasteiger charge is 2.11. The molecular formula is C15H20BrN3. The molecule has 1 aromatic heterocycles. The van der Waals surface area contributed by atoms with E-state index < -0.39 is 0 Å². The molecule has 1 heterocycles. The van der Waals surface area contributed by atoms with E-state index in [0.717, 1.165) is 22.2 Å². The third kappa shape index (κ3) is 3.45. The Morgan fingerprint density at radius 1 is 1.32 bits per heavy atom. The van der Waals surface area contributed by atoms with Crippen LogP contribution in [0.4, 0.5) is 0 Å². The molecule has 19 heavy (non-hydrogen) atoms. The SMILES string of the molecule is Cc1ccc(C(N)Cc2ccn(C(C)C)n2)cc1Br. The Hall–Kier alpha value is -1.13. The molecule has 4 heteroatoms. The molecule has 0 saturated heterocycles. The van der Waals surface area contributed by atoms with Gasteiger partial charge in [0, 0.05) is 29.2 Å². The highest BCUT2D eigenvalue weighted by molar-refractivity contribution is 9.10. The van der Waals surface area contributed by atoms with Crippen LogP contribution in [0.2, 0.25) is 0 Å². The fourth-order valence-electron chi connectivity index (χ4n) is 1.96. The summed E-state index contributed by atoms with van der Waals surface area (Å²) in [6.45, 7) is 6.31. The van der Waals surface area contributed by atoms with E-state index in [2.05, 4.69) is 60.0 Å². The number of hydrogen-bond donors (Lipinski definition) is 1. The van der Waals surface area contributed by atoms with Gasteiger partial charge in [-0.2, -0.15) is 5.10 Å². The third-order valence-corrected chi connectivity index (χ3v) is 4.10. The summed E-state index contributed by atoms with van der Waals surface area (Å²) < 4.78 is 3.07. The summed E-state index contributed by atoms with van der Waals surface area (Å²) in [6.07, 6.45) is 2.77. The van der Waals surface area contributed by atoms with Gasteiger partial charge in [0.25, 0.3) is 0 Å². The summed E-state index contributed by atoms with van der Waals surface area (Å²) in [6, 6.07) is 8.68. The van der Waals surface area contributed by atoms with Crippen molar-refractivity contribution in [2.45, 2.75) is 39.3 Å². The molecule has 2 aromatic rings. The van der Waals surface area contributed by atoms with E-state index in [1.165, 1.54) is 5.56 Å². The number of rotatable bonds is 4. The number of aryl methyl sites for hydroxylation is 1. The summed E-state index contributed by atoms with van der Waals surface area (Å²) in [5, 5.41) is 4.54. The standard InChI is InChI=1S/C15H20BrN3/c1-10(2)19-7-6-13(18-19)9-15(17)12-5-4-11(3)14(16)8-12/h4-8,10,15H,9,17H2,1-3H3. The molecule has 0 aliphatic carbocycles. The fourth-order valence-corrected chi connectivity index (χ4v) is 2.35. The second-order valence-electron chi connectivity index (χ2n) is 5.20. The lowest BCUT2D eigenvalue weighted by atomic mass is 10.0. The second-order valence-corrected chi connectivity index (χ2v) is 6.05. The van der Waals surface area contributed by atoms with Gasteiger partial charge in [-0.05, 0) is 44.0 Å². The molecule has 0 fully saturated rings. The Bertz CT molecular complexity index is 560. The zero-order valence-electron chi connectivity index (χ0n) is 11.6. The van der Waals surface area contributed by atoms with Gasteiger partial charge in [0.15, 0.2) is 0 Å². The van der Waals surface area contributed by atoms with Gasteiger partial charge in [0.2, 0.25) is 0 Å². The van der Waals surface area contributed by atoms with Crippen molar-refractivity contribution in [2.75, 3.05) is 0 Å². The monoisotopic (exact) mass is 321 g/mol. The fraction of sp³-hybridized carbons (Fsp3) is 0.400. The van der Waals surface area contributed by atoms with Crippen molar-refractivity contribution >= 4 is 15.9 Å². The van der Waals surface area contributed by atoms with Crippen LogP contribution in [0.3, 0.4) is 0 Å². The van der Waals surface area contributed by atoms with Crippen LogP contribution in [0.15, 0.2) is 34.9 Å². The van der Waals surface area contributed by atoms with Crippen molar-refractivity contribution in [3.05, 3.63) is 51.8 Å². The first-order chi connectivity index (χ1) is 8.97. The van der Waals surface area contributed by atoms with Crippen molar-refractivity contribution in [2.24, 2.45) is 5.73 Å². The lowest BCUT2D eigenvalue weighted by Crippen LogP contribution is -2.14. The Kier molecular flexibility index (Phi) is 4.42. The highest BCUT2D eigenvalue weighted by Crippen LogP contribution is 2.22. The molecule has 102 valence electrons. The van der Waals surface area contributed by atoms with Crippen molar-refractivity contribution in [3.63, 3.8) is 0 Å². The highest BCUT2D eigenvalue weighted by atomic mass is 79.9. The molecule has 0 saturated carbocycles. The molecule has 2 N–H and O–H groups in total. The molecule has 0 aliphatic rings. The van der Waals surface area contributed by atoms with E-state index in [4.69, 9.17) is 5.73 Å². The Balaban J connectivity index is 2.11. The number of nitrogens with two attached hydrogens (primary N) is 1. The van der Waals surface area contributed by atoms with Crippen LogP contribution in [-0.2, 0) is 6.42 Å². The lowest BCUT2D eigenvalue weighted by Gasteiger charge is -2.12. The molecule has 2 rings (SSSR count). The third-order valence-electron chi connectivity index (χ3n) is 3.25. The summed E-state index contributed by atoms with van der Waals surface area (Å²) >= 11 is 3.55. The average molecular weight is 322 g/mol. The first-order valence-electron chi connectivity index (χ1n) is 6.53. The largest absolute Gasteiger partial charge is 0.324 e. The second kappa shape index (κ2) is 5.88. The molecule has 0 amide bonds. The molecule has 3 nitrogen and oxygen atoms in total. The Morgan fingerprint density at radius 3 is 2.63 bits per heavy atom. The number of nitrogens with zero attached hydrogens (tertiary/aromatic N) is 2. The summed E-state index contributed by atoms with van der Waals surface area (Å²) in [5.74, 6) is 0. The van der Waals surface area contributed by atoms with Gasteiger partial charge in [0.1, 0.15) is 0 Å². The van der Waals surface area contributed by atoms with Crippen LogP contribution in [0.1, 0.15) is 42.8 Å². The van der Waals surface area contributed by atoms with Crippen molar-refractivity contribution < 1.29 is 0 Å². The van der Waals surface area contributed by atoms with Crippen LogP contribution < -0.4 is 5.73 Å². The van der Waals surface area contributed by atoms with Crippen molar-refractivity contribution in [1.29, 1.82) is 0 Å². The van der Waals surface area contributed by atoms with E-state index in [9.17, 15) is 0 Å². The number of benzene rings is 1. The predicted molar refractivity (Wildman–Crippen MR) is 82.1 cm³/mol. The molecule has 1 aromatic carbocycles. The minimum absolute atomic E-state index is 0.0209. The van der Waals surface area contributed by atoms with Gasteiger partial charge in [0.05, 0.1) is 5.69 Å². The quantitative estimate of drug-likeness (QED) is 0.931. The zero-order valence-corrected chi connectivity index (χ0v) is 13.2. The summed E-state index contributed by atoms with van der Waals surface area (Å²) in [4.78, 5) is 0. The molecule has 0 bridgehead atoms. The number of halogens is 1. The molecule has 0 spiro atoms. The maximum Gasteiger partial charge on any atom is 0.0643 e. The Labute approximate surface area is 122 Å². The first-order valence-corrected chi connectivity index (χ1v) is 7.32. The van der Waals surface area contributed by atoms with Gasteiger partial charge in [-0.15, -0.1) is 0 Å². The molecule has 0 radical (unpaired) electrons. The zero-order chi connectivity index (χ0) is 14.0. The predicted octanol–water partition coefficient (Wildman–Crippen LogP) is 3.78. The first kappa shape index (κ1) is 14.3. The van der Waals surface area contributed by atoms with Gasteiger partial charge in [-0.25, -0.2) is 0 Å². The van der Waals surface area contributed by atoms with Crippen LogP contribution in [0, 0.1) is 6.92 Å². The van der Waals surface area contributed by atoms with Crippen LogP contribution in [-0.4, -0.2) is 9.78 Å². The molecule has 1 unspecified atom stereocenters. The minimum Gasteiger partial charge on any atom is -0.324 e. The van der Waals surface area contributed by atoms with Gasteiger partial charge < -0.3 is 5.73 Å². The summed E-state index contributed by atoms with van der Waals surface area (Å²) in [5.41, 5.74) is 9.66. The molecule has 1 atom stereocenters. The Morgan fingerprint density at radius 2 is 2.05 bits per heavy atom. The number of hydrogen-bond acceptors (Lipinski definition) is 2. The normalized spacial score (nSPS) is 12.9. The van der Waals surface area contributed by atoms with E-state index in [-0.39, 0.29) is 6.04 Å². The minimum atomic E-state index is -0.0209. The molecular weight excluding hydrogens is 302 g/mol. The van der Waals surface area contributed by atoms with Gasteiger partial charge >= 0.3 is 0 Å². The average Bonchev–Trinajstić information content (AvgIpc) is 2.81. The van der Waals surface area contributed by atoms with Crippen molar-refractivity contribution in [3.8, 4) is 0 Å². The molecule has 0 aliphatic heterocycles. The topological polar surface area (TPSA) is 43.8 Å². The summed E-state index contributed by atoms with van der Waals surface area (Å²) in [7, 11) is 0. The van der Waals surface area contributed by atoms with E-state index in [0.29, 0.717) is 6.04 Å². The van der Waals surface area contributed by atoms with E-state index in [1.54, 1.807) is 0 Å². The lowest BCUT2D eigenvalue weighted by molar-refractivity contribution is 0.522. The van der Waals surface area contributed by atoms with Crippen LogP contribution in [0.25, 0.3) is 0 Å².